The summed E-state index contributed by atoms with van der Waals surface area (Å²) in [6.45, 7) is 7.98. The van der Waals surface area contributed by atoms with Crippen LogP contribution in [0.15, 0.2) is 6.07 Å². The van der Waals surface area contributed by atoms with E-state index in [1.807, 2.05) is 13.0 Å². The topological polar surface area (TPSA) is 47.0 Å². The summed E-state index contributed by atoms with van der Waals surface area (Å²) in [4.78, 5) is 8.77. The van der Waals surface area contributed by atoms with Crippen LogP contribution in [0.3, 0.4) is 0 Å². The van der Waals surface area contributed by atoms with Crippen molar-refractivity contribution in [1.82, 2.24) is 15.3 Å². The van der Waals surface area contributed by atoms with Crippen LogP contribution in [0.2, 0.25) is 0 Å². The van der Waals surface area contributed by atoms with Crippen molar-refractivity contribution in [3.63, 3.8) is 0 Å². The van der Waals surface area contributed by atoms with E-state index < -0.39 is 0 Å². The molecule has 1 fully saturated rings. The van der Waals surface area contributed by atoms with Crippen LogP contribution in [0, 0.1) is 6.92 Å². The highest BCUT2D eigenvalue weighted by molar-refractivity contribution is 5.17. The molecule has 0 saturated carbocycles. The van der Waals surface area contributed by atoms with Crippen LogP contribution in [-0.2, 0) is 0 Å². The lowest BCUT2D eigenvalue weighted by Crippen LogP contribution is -2.50. The monoisotopic (exact) mass is 207 g/mol. The first-order valence-electron chi connectivity index (χ1n) is 5.38. The molecule has 0 amide bonds. The number of hydrogen-bond donors (Lipinski definition) is 1. The van der Waals surface area contributed by atoms with Gasteiger partial charge in [0.2, 0.25) is 5.88 Å². The molecule has 0 spiro atoms. The minimum atomic E-state index is 0.277. The number of aryl methyl sites for hydroxylation is 1. The van der Waals surface area contributed by atoms with Gasteiger partial charge in [0.1, 0.15) is 11.9 Å². The molecule has 1 aromatic heterocycles. The largest absolute Gasteiger partial charge is 0.472 e. The highest BCUT2D eigenvalue weighted by Crippen LogP contribution is 2.16. The maximum atomic E-state index is 5.71. The molecule has 1 N–H and O–H groups in total. The molecule has 0 unspecified atom stereocenters. The lowest BCUT2D eigenvalue weighted by molar-refractivity contribution is 0.135. The maximum absolute atomic E-state index is 5.71. The molecule has 4 nitrogen and oxygen atoms in total. The number of hydrogen-bond acceptors (Lipinski definition) is 4. The first-order chi connectivity index (χ1) is 7.15. The zero-order chi connectivity index (χ0) is 10.8. The zero-order valence-electron chi connectivity index (χ0n) is 9.45. The molecule has 0 radical (unpaired) electrons. The molecule has 1 saturated heterocycles. The predicted molar refractivity (Wildman–Crippen MR) is 58.1 cm³/mol. The molecule has 0 aromatic carbocycles. The molecule has 0 bridgehead atoms. The number of rotatable bonds is 3. The highest BCUT2D eigenvalue weighted by Gasteiger charge is 2.19. The standard InChI is InChI=1S/C11H17N3O/c1-7(2)11-13-8(3)4-10(14-11)15-9-5-12-6-9/h4,7,9,12H,5-6H2,1-3H3. The van der Waals surface area contributed by atoms with Gasteiger partial charge in [0.15, 0.2) is 0 Å². The first kappa shape index (κ1) is 10.4. The molecule has 1 aliphatic rings. The molecule has 15 heavy (non-hydrogen) atoms. The molecular formula is C11H17N3O. The van der Waals surface area contributed by atoms with Crippen LogP contribution in [0.5, 0.6) is 5.88 Å². The van der Waals surface area contributed by atoms with Gasteiger partial charge in [-0.1, -0.05) is 13.8 Å². The third-order valence-corrected chi connectivity index (χ3v) is 2.40. The van der Waals surface area contributed by atoms with Gasteiger partial charge in [-0.3, -0.25) is 0 Å². The summed E-state index contributed by atoms with van der Waals surface area (Å²) in [5.74, 6) is 1.90. The summed E-state index contributed by atoms with van der Waals surface area (Å²) in [5, 5.41) is 3.17. The Morgan fingerprint density at radius 3 is 2.67 bits per heavy atom. The highest BCUT2D eigenvalue weighted by atomic mass is 16.5. The molecule has 4 heteroatoms. The van der Waals surface area contributed by atoms with Gasteiger partial charge in [0, 0.05) is 30.8 Å². The van der Waals surface area contributed by atoms with Crippen molar-refractivity contribution in [2.24, 2.45) is 0 Å². The van der Waals surface area contributed by atoms with Gasteiger partial charge in [-0.15, -0.1) is 0 Å². The summed E-state index contributed by atoms with van der Waals surface area (Å²) < 4.78 is 5.71. The molecule has 0 aliphatic carbocycles. The maximum Gasteiger partial charge on any atom is 0.217 e. The normalized spacial score (nSPS) is 16.5. The van der Waals surface area contributed by atoms with E-state index in [0.29, 0.717) is 11.8 Å². The van der Waals surface area contributed by atoms with Crippen LogP contribution in [-0.4, -0.2) is 29.2 Å². The molecule has 2 rings (SSSR count). The third kappa shape index (κ3) is 2.45. The Balaban J connectivity index is 2.15. The predicted octanol–water partition coefficient (Wildman–Crippen LogP) is 1.26. The van der Waals surface area contributed by atoms with Gasteiger partial charge in [-0.2, -0.15) is 4.98 Å². The lowest BCUT2D eigenvalue weighted by Gasteiger charge is -2.27. The number of nitrogens with zero attached hydrogens (tertiary/aromatic N) is 2. The van der Waals surface area contributed by atoms with Crippen LogP contribution < -0.4 is 10.1 Å². The Labute approximate surface area is 90.1 Å². The fraction of sp³-hybridized carbons (Fsp3) is 0.636. The molecular weight excluding hydrogens is 190 g/mol. The Morgan fingerprint density at radius 1 is 1.40 bits per heavy atom. The molecule has 1 aliphatic heterocycles. The first-order valence-corrected chi connectivity index (χ1v) is 5.38. The van der Waals surface area contributed by atoms with Crippen LogP contribution >= 0.6 is 0 Å². The van der Waals surface area contributed by atoms with E-state index in [0.717, 1.165) is 24.6 Å². The van der Waals surface area contributed by atoms with Gasteiger partial charge in [-0.05, 0) is 6.92 Å². The van der Waals surface area contributed by atoms with Gasteiger partial charge >= 0.3 is 0 Å². The fourth-order valence-corrected chi connectivity index (χ4v) is 1.40. The van der Waals surface area contributed by atoms with Crippen molar-refractivity contribution >= 4 is 0 Å². The summed E-state index contributed by atoms with van der Waals surface area (Å²) in [6.07, 6.45) is 0.277. The van der Waals surface area contributed by atoms with E-state index in [-0.39, 0.29) is 6.10 Å². The van der Waals surface area contributed by atoms with E-state index in [1.165, 1.54) is 0 Å². The van der Waals surface area contributed by atoms with Crippen LogP contribution in [0.4, 0.5) is 0 Å². The van der Waals surface area contributed by atoms with Crippen LogP contribution in [0.25, 0.3) is 0 Å². The van der Waals surface area contributed by atoms with E-state index in [1.54, 1.807) is 0 Å². The second-order valence-corrected chi connectivity index (χ2v) is 4.26. The average Bonchev–Trinajstić information content (AvgIpc) is 2.10. The van der Waals surface area contributed by atoms with Gasteiger partial charge in [0.25, 0.3) is 0 Å². The van der Waals surface area contributed by atoms with Crippen molar-refractivity contribution in [3.05, 3.63) is 17.6 Å². The number of ether oxygens (including phenoxy) is 1. The Bertz CT molecular complexity index is 348. The van der Waals surface area contributed by atoms with Gasteiger partial charge in [-0.25, -0.2) is 4.98 Å². The van der Waals surface area contributed by atoms with Crippen molar-refractivity contribution in [2.45, 2.75) is 32.8 Å². The average molecular weight is 207 g/mol. The van der Waals surface area contributed by atoms with Crippen molar-refractivity contribution in [2.75, 3.05) is 13.1 Å². The number of nitrogens with one attached hydrogen (secondary N) is 1. The smallest absolute Gasteiger partial charge is 0.217 e. The second kappa shape index (κ2) is 4.14. The summed E-state index contributed by atoms with van der Waals surface area (Å²) in [5.41, 5.74) is 0.969. The third-order valence-electron chi connectivity index (χ3n) is 2.40. The molecule has 0 atom stereocenters. The Kier molecular flexibility index (Phi) is 2.86. The van der Waals surface area contributed by atoms with E-state index in [2.05, 4.69) is 29.1 Å². The quantitative estimate of drug-likeness (QED) is 0.810. The van der Waals surface area contributed by atoms with Gasteiger partial charge in [0.05, 0.1) is 0 Å². The minimum Gasteiger partial charge on any atom is -0.472 e. The number of aromatic nitrogens is 2. The summed E-state index contributed by atoms with van der Waals surface area (Å²) in [6, 6.07) is 1.89. The molecule has 82 valence electrons. The molecule has 1 aromatic rings. The minimum absolute atomic E-state index is 0.277. The summed E-state index contributed by atoms with van der Waals surface area (Å²) >= 11 is 0. The van der Waals surface area contributed by atoms with E-state index in [4.69, 9.17) is 4.74 Å². The zero-order valence-corrected chi connectivity index (χ0v) is 9.45. The Hall–Kier alpha value is -1.16. The van der Waals surface area contributed by atoms with E-state index >= 15 is 0 Å². The van der Waals surface area contributed by atoms with Crippen molar-refractivity contribution < 1.29 is 4.74 Å². The van der Waals surface area contributed by atoms with E-state index in [9.17, 15) is 0 Å². The summed E-state index contributed by atoms with van der Waals surface area (Å²) in [7, 11) is 0. The second-order valence-electron chi connectivity index (χ2n) is 4.26. The van der Waals surface area contributed by atoms with Crippen LogP contribution in [0.1, 0.15) is 31.3 Å². The fourth-order valence-electron chi connectivity index (χ4n) is 1.40. The molecule has 2 heterocycles. The van der Waals surface area contributed by atoms with Gasteiger partial charge < -0.3 is 10.1 Å². The lowest BCUT2D eigenvalue weighted by atomic mass is 10.2. The SMILES string of the molecule is Cc1cc(OC2CNC2)nc(C(C)C)n1. The Morgan fingerprint density at radius 2 is 2.13 bits per heavy atom. The van der Waals surface area contributed by atoms with Crippen molar-refractivity contribution in [3.8, 4) is 5.88 Å². The van der Waals surface area contributed by atoms with Crippen molar-refractivity contribution in [1.29, 1.82) is 0 Å².